The summed E-state index contributed by atoms with van der Waals surface area (Å²) in [7, 11) is 3.10. The number of amides is 1. The number of fused-ring (bicyclic) bond motifs is 2. The van der Waals surface area contributed by atoms with E-state index in [0.717, 1.165) is 11.1 Å². The number of carbonyl (C=O) groups is 1. The molecule has 8 heteroatoms. The maximum Gasteiger partial charge on any atom is 0.261 e. The molecule has 2 aromatic heterocycles. The van der Waals surface area contributed by atoms with Crippen LogP contribution in [0.5, 0.6) is 11.5 Å². The Hall–Kier alpha value is -4.59. The number of nitrogens with two attached hydrogens (primary N) is 1. The van der Waals surface area contributed by atoms with Crippen LogP contribution >= 0.6 is 0 Å². The van der Waals surface area contributed by atoms with Crippen molar-refractivity contribution in [3.05, 3.63) is 83.9 Å². The number of ether oxygens (including phenoxy) is 2. The molecule has 34 heavy (non-hydrogen) atoms. The molecule has 0 aliphatic rings. The second-order valence-corrected chi connectivity index (χ2v) is 7.74. The minimum Gasteiger partial charge on any atom is -0.493 e. The first-order valence-electron chi connectivity index (χ1n) is 10.7. The summed E-state index contributed by atoms with van der Waals surface area (Å²) in [6.07, 6.45) is 0. The van der Waals surface area contributed by atoms with E-state index in [0.29, 0.717) is 46.2 Å². The number of aromatic nitrogens is 3. The normalized spacial score (nSPS) is 11.0. The van der Waals surface area contributed by atoms with Gasteiger partial charge in [-0.25, -0.2) is 9.97 Å². The number of benzene rings is 3. The number of anilines is 2. The topological polar surface area (TPSA) is 104 Å². The first-order valence-corrected chi connectivity index (χ1v) is 10.7. The van der Waals surface area contributed by atoms with Crippen molar-refractivity contribution in [3.63, 3.8) is 0 Å². The molecule has 5 aromatic rings. The molecule has 0 unspecified atom stereocenters. The number of nitrogens with zero attached hydrogens (tertiary/aromatic N) is 3. The highest BCUT2D eigenvalue weighted by Crippen LogP contribution is 2.32. The Morgan fingerprint density at radius 3 is 2.29 bits per heavy atom. The Balaban J connectivity index is 1.63. The first kappa shape index (κ1) is 21.3. The van der Waals surface area contributed by atoms with Crippen molar-refractivity contribution in [2.24, 2.45) is 0 Å². The summed E-state index contributed by atoms with van der Waals surface area (Å²) in [5, 5.41) is 2.91. The highest BCUT2D eigenvalue weighted by molar-refractivity contribution is 6.16. The second kappa shape index (κ2) is 8.74. The standard InChI is InChI=1S/C26H23N5O3/c1-33-20-13-12-17(14-21(20)34-2)28-26(32)22-23-25(30-19-11-7-6-10-18(19)29-23)31(24(22)27)15-16-8-4-3-5-9-16/h3-14H,15,27H2,1-2H3,(H,28,32). The van der Waals surface area contributed by atoms with Gasteiger partial charge in [0, 0.05) is 11.8 Å². The lowest BCUT2D eigenvalue weighted by Crippen LogP contribution is -2.15. The summed E-state index contributed by atoms with van der Waals surface area (Å²) in [4.78, 5) is 23.0. The van der Waals surface area contributed by atoms with E-state index in [-0.39, 0.29) is 11.5 Å². The number of nitrogen functional groups attached to an aromatic ring is 1. The Kier molecular flexibility index (Phi) is 5.47. The fourth-order valence-corrected chi connectivity index (χ4v) is 3.97. The second-order valence-electron chi connectivity index (χ2n) is 7.74. The highest BCUT2D eigenvalue weighted by Gasteiger charge is 2.24. The molecule has 1 amide bonds. The number of hydrogen-bond donors (Lipinski definition) is 2. The zero-order valence-electron chi connectivity index (χ0n) is 18.8. The molecule has 0 fully saturated rings. The largest absolute Gasteiger partial charge is 0.493 e. The highest BCUT2D eigenvalue weighted by atomic mass is 16.5. The van der Waals surface area contributed by atoms with Crippen LogP contribution in [0.4, 0.5) is 11.5 Å². The first-order chi connectivity index (χ1) is 16.6. The van der Waals surface area contributed by atoms with Crippen molar-refractivity contribution in [1.29, 1.82) is 0 Å². The zero-order chi connectivity index (χ0) is 23.7. The predicted octanol–water partition coefficient (Wildman–Crippen LogP) is 4.48. The smallest absolute Gasteiger partial charge is 0.261 e. The van der Waals surface area contributed by atoms with Crippen molar-refractivity contribution < 1.29 is 14.3 Å². The van der Waals surface area contributed by atoms with E-state index in [2.05, 4.69) is 5.32 Å². The van der Waals surface area contributed by atoms with E-state index in [1.807, 2.05) is 59.2 Å². The van der Waals surface area contributed by atoms with Crippen LogP contribution in [0, 0.1) is 0 Å². The van der Waals surface area contributed by atoms with Gasteiger partial charge in [0.2, 0.25) is 0 Å². The maximum atomic E-state index is 13.5. The van der Waals surface area contributed by atoms with Crippen LogP contribution in [0.25, 0.3) is 22.2 Å². The van der Waals surface area contributed by atoms with Crippen molar-refractivity contribution in [1.82, 2.24) is 14.5 Å². The fraction of sp³-hybridized carbons (Fsp3) is 0.115. The van der Waals surface area contributed by atoms with Gasteiger partial charge in [0.05, 0.1) is 31.8 Å². The number of carbonyl (C=O) groups excluding carboxylic acids is 1. The molecule has 0 aliphatic carbocycles. The number of hydrogen-bond acceptors (Lipinski definition) is 6. The van der Waals surface area contributed by atoms with Gasteiger partial charge in [0.15, 0.2) is 17.1 Å². The van der Waals surface area contributed by atoms with E-state index >= 15 is 0 Å². The summed E-state index contributed by atoms with van der Waals surface area (Å²) >= 11 is 0. The lowest BCUT2D eigenvalue weighted by molar-refractivity contribution is 0.102. The summed E-state index contributed by atoms with van der Waals surface area (Å²) < 4.78 is 12.5. The third-order valence-electron chi connectivity index (χ3n) is 5.64. The van der Waals surface area contributed by atoms with Crippen molar-refractivity contribution in [2.75, 3.05) is 25.3 Å². The van der Waals surface area contributed by atoms with Gasteiger partial charge >= 0.3 is 0 Å². The average Bonchev–Trinajstić information content (AvgIpc) is 3.13. The van der Waals surface area contributed by atoms with E-state index in [1.54, 1.807) is 32.4 Å². The van der Waals surface area contributed by atoms with Crippen LogP contribution in [0.15, 0.2) is 72.8 Å². The number of rotatable bonds is 6. The van der Waals surface area contributed by atoms with Gasteiger partial charge in [-0.05, 0) is 29.8 Å². The average molecular weight is 454 g/mol. The molecule has 0 saturated carbocycles. The molecule has 8 nitrogen and oxygen atoms in total. The van der Waals surface area contributed by atoms with E-state index < -0.39 is 0 Å². The molecule has 2 heterocycles. The molecule has 0 radical (unpaired) electrons. The number of para-hydroxylation sites is 2. The lowest BCUT2D eigenvalue weighted by atomic mass is 10.2. The Morgan fingerprint density at radius 2 is 1.59 bits per heavy atom. The minimum absolute atomic E-state index is 0.277. The Bertz CT molecular complexity index is 1510. The van der Waals surface area contributed by atoms with Crippen LogP contribution in [0.2, 0.25) is 0 Å². The van der Waals surface area contributed by atoms with Crippen LogP contribution in [-0.2, 0) is 6.54 Å². The monoisotopic (exact) mass is 453 g/mol. The van der Waals surface area contributed by atoms with Gasteiger partial charge in [-0.15, -0.1) is 0 Å². The Labute approximate surface area is 196 Å². The molecule has 5 rings (SSSR count). The third kappa shape index (κ3) is 3.75. The molecular weight excluding hydrogens is 430 g/mol. The molecule has 3 aromatic carbocycles. The summed E-state index contributed by atoms with van der Waals surface area (Å²) in [5.41, 5.74) is 10.8. The van der Waals surface area contributed by atoms with Crippen LogP contribution in [-0.4, -0.2) is 34.7 Å². The Morgan fingerprint density at radius 1 is 0.912 bits per heavy atom. The van der Waals surface area contributed by atoms with Gasteiger partial charge in [0.1, 0.15) is 16.9 Å². The predicted molar refractivity (Wildman–Crippen MR) is 132 cm³/mol. The summed E-state index contributed by atoms with van der Waals surface area (Å²) in [6.45, 7) is 0.458. The van der Waals surface area contributed by atoms with Gasteiger partial charge in [-0.2, -0.15) is 0 Å². The fourth-order valence-electron chi connectivity index (χ4n) is 3.97. The summed E-state index contributed by atoms with van der Waals surface area (Å²) in [6, 6.07) is 22.6. The zero-order valence-corrected chi connectivity index (χ0v) is 18.8. The van der Waals surface area contributed by atoms with E-state index in [9.17, 15) is 4.79 Å². The van der Waals surface area contributed by atoms with Crippen LogP contribution < -0.4 is 20.5 Å². The molecule has 0 aliphatic heterocycles. The molecule has 170 valence electrons. The summed E-state index contributed by atoms with van der Waals surface area (Å²) in [5.74, 6) is 0.987. The minimum atomic E-state index is -0.383. The quantitative estimate of drug-likeness (QED) is 0.393. The van der Waals surface area contributed by atoms with Crippen LogP contribution in [0.1, 0.15) is 15.9 Å². The number of nitrogens with one attached hydrogen (secondary N) is 1. The van der Waals surface area contributed by atoms with Crippen molar-refractivity contribution in [2.45, 2.75) is 6.54 Å². The maximum absolute atomic E-state index is 13.5. The van der Waals surface area contributed by atoms with Gasteiger partial charge in [-0.1, -0.05) is 42.5 Å². The molecule has 0 bridgehead atoms. The van der Waals surface area contributed by atoms with Crippen molar-refractivity contribution >= 4 is 39.6 Å². The lowest BCUT2D eigenvalue weighted by Gasteiger charge is -2.11. The van der Waals surface area contributed by atoms with Gasteiger partial charge in [0.25, 0.3) is 5.91 Å². The molecule has 3 N–H and O–H groups in total. The molecule has 0 saturated heterocycles. The van der Waals surface area contributed by atoms with Crippen molar-refractivity contribution in [3.8, 4) is 11.5 Å². The van der Waals surface area contributed by atoms with Crippen LogP contribution in [0.3, 0.4) is 0 Å². The van der Waals surface area contributed by atoms with Gasteiger partial charge < -0.3 is 25.1 Å². The molecule has 0 spiro atoms. The molecular formula is C26H23N5O3. The molecule has 0 atom stereocenters. The third-order valence-corrected chi connectivity index (χ3v) is 5.64. The van der Waals surface area contributed by atoms with E-state index in [4.69, 9.17) is 25.2 Å². The van der Waals surface area contributed by atoms with Gasteiger partial charge in [-0.3, -0.25) is 4.79 Å². The SMILES string of the molecule is COc1ccc(NC(=O)c2c(N)n(Cc3ccccc3)c3nc4ccccc4nc23)cc1OC. The van der Waals surface area contributed by atoms with E-state index in [1.165, 1.54) is 0 Å². The number of methoxy groups -OCH3 is 2.